The molecule has 1 aliphatic heterocycles. The number of benzene rings is 2. The molecule has 2 atom stereocenters. The first-order valence-corrected chi connectivity index (χ1v) is 11.8. The van der Waals surface area contributed by atoms with E-state index in [4.69, 9.17) is 21.4 Å². The van der Waals surface area contributed by atoms with E-state index < -0.39 is 4.92 Å². The highest BCUT2D eigenvalue weighted by Gasteiger charge is 2.42. The fourth-order valence-electron chi connectivity index (χ4n) is 4.45. The summed E-state index contributed by atoms with van der Waals surface area (Å²) in [7, 11) is 1.48. The number of non-ortho nitro benzene ring substituents is 1. The number of thiocarbonyl (C=S) groups is 1. The Bertz CT molecular complexity index is 1450. The van der Waals surface area contributed by atoms with Crippen molar-refractivity contribution in [1.82, 2.24) is 10.3 Å². The van der Waals surface area contributed by atoms with Crippen molar-refractivity contribution in [1.29, 1.82) is 0 Å². The molecule has 4 aromatic rings. The highest BCUT2D eigenvalue weighted by Crippen LogP contribution is 2.44. The Labute approximate surface area is 213 Å². The number of nitrogens with one attached hydrogen (secondary N) is 1. The molecule has 1 fully saturated rings. The molecule has 1 aliphatic rings. The number of nitro benzene ring substituents is 1. The second-order valence-corrected chi connectivity index (χ2v) is 9.00. The highest BCUT2D eigenvalue weighted by molar-refractivity contribution is 7.80. The Balaban J connectivity index is 1.60. The van der Waals surface area contributed by atoms with Crippen molar-refractivity contribution in [2.45, 2.75) is 25.9 Å². The second kappa shape index (κ2) is 9.43. The smallest absolute Gasteiger partial charge is 0.273 e. The van der Waals surface area contributed by atoms with Crippen LogP contribution in [0, 0.1) is 24.0 Å². The molecule has 0 radical (unpaired) electrons. The lowest BCUT2D eigenvalue weighted by Crippen LogP contribution is -2.29. The first-order valence-electron chi connectivity index (χ1n) is 11.4. The molecule has 36 heavy (non-hydrogen) atoms. The minimum Gasteiger partial charge on any atom is -0.496 e. The van der Waals surface area contributed by atoms with Gasteiger partial charge in [-0.2, -0.15) is 0 Å². The van der Waals surface area contributed by atoms with Crippen LogP contribution in [-0.4, -0.2) is 22.1 Å². The normalized spacial score (nSPS) is 17.2. The number of ether oxygens (including phenoxy) is 1. The van der Waals surface area contributed by atoms with E-state index >= 15 is 0 Å². The van der Waals surface area contributed by atoms with Crippen molar-refractivity contribution < 1.29 is 14.1 Å². The highest BCUT2D eigenvalue weighted by atomic mass is 32.1. The maximum Gasteiger partial charge on any atom is 0.273 e. The Morgan fingerprint density at radius 3 is 2.61 bits per heavy atom. The number of furan rings is 1. The van der Waals surface area contributed by atoms with E-state index in [0.29, 0.717) is 27.9 Å². The first kappa shape index (κ1) is 23.5. The van der Waals surface area contributed by atoms with Gasteiger partial charge in [0, 0.05) is 18.0 Å². The topological polar surface area (TPSA) is 93.7 Å². The summed E-state index contributed by atoms with van der Waals surface area (Å²) in [4.78, 5) is 17.4. The summed E-state index contributed by atoms with van der Waals surface area (Å²) in [6, 6.07) is 19.7. The molecule has 8 nitrogen and oxygen atoms in total. The molecule has 0 aliphatic carbocycles. The van der Waals surface area contributed by atoms with Crippen LogP contribution in [0.1, 0.15) is 34.7 Å². The predicted molar refractivity (Wildman–Crippen MR) is 141 cm³/mol. The fourth-order valence-corrected chi connectivity index (χ4v) is 4.80. The van der Waals surface area contributed by atoms with Crippen molar-refractivity contribution in [2.75, 3.05) is 12.0 Å². The van der Waals surface area contributed by atoms with Gasteiger partial charge in [-0.15, -0.1) is 0 Å². The Morgan fingerprint density at radius 2 is 1.92 bits per heavy atom. The molecular weight excluding hydrogens is 476 g/mol. The third-order valence-electron chi connectivity index (χ3n) is 6.45. The van der Waals surface area contributed by atoms with Crippen molar-refractivity contribution in [3.05, 3.63) is 106 Å². The molecule has 0 amide bonds. The van der Waals surface area contributed by atoms with Crippen molar-refractivity contribution in [2.24, 2.45) is 0 Å². The van der Waals surface area contributed by atoms with Crippen LogP contribution in [0.25, 0.3) is 11.3 Å². The molecule has 5 rings (SSSR count). The molecule has 2 unspecified atom stereocenters. The zero-order chi connectivity index (χ0) is 25.4. The van der Waals surface area contributed by atoms with Gasteiger partial charge < -0.3 is 19.4 Å². The summed E-state index contributed by atoms with van der Waals surface area (Å²) < 4.78 is 11.8. The van der Waals surface area contributed by atoms with Crippen LogP contribution in [-0.2, 0) is 0 Å². The van der Waals surface area contributed by atoms with Gasteiger partial charge in [-0.1, -0.05) is 12.1 Å². The largest absolute Gasteiger partial charge is 0.496 e. The van der Waals surface area contributed by atoms with Crippen molar-refractivity contribution in [3.63, 3.8) is 0 Å². The molecule has 2 aromatic carbocycles. The van der Waals surface area contributed by atoms with Crippen LogP contribution in [0.4, 0.5) is 11.4 Å². The third-order valence-corrected chi connectivity index (χ3v) is 6.76. The van der Waals surface area contributed by atoms with Gasteiger partial charge in [0.1, 0.15) is 23.3 Å². The van der Waals surface area contributed by atoms with Gasteiger partial charge in [0.05, 0.1) is 35.4 Å². The zero-order valence-electron chi connectivity index (χ0n) is 20.0. The number of hydrogen-bond acceptors (Lipinski definition) is 6. The number of rotatable bonds is 6. The van der Waals surface area contributed by atoms with Gasteiger partial charge in [-0.05, 0) is 79.7 Å². The van der Waals surface area contributed by atoms with Crippen LogP contribution in [0.15, 0.2) is 77.3 Å². The molecule has 1 saturated heterocycles. The van der Waals surface area contributed by atoms with E-state index in [2.05, 4.69) is 41.2 Å². The number of anilines is 1. The average Bonchev–Trinajstić information content (AvgIpc) is 3.50. The number of aryl methyl sites for hydroxylation is 2. The number of nitrogens with zero attached hydrogens (tertiary/aromatic N) is 3. The Kier molecular flexibility index (Phi) is 6.15. The van der Waals surface area contributed by atoms with Crippen molar-refractivity contribution >= 4 is 28.7 Å². The molecule has 0 bridgehead atoms. The molecule has 1 N–H and O–H groups in total. The summed E-state index contributed by atoms with van der Waals surface area (Å²) in [5, 5.41) is 15.2. The van der Waals surface area contributed by atoms with Gasteiger partial charge in [-0.25, -0.2) is 0 Å². The fraction of sp³-hybridized carbons (Fsp3) is 0.185. The minimum absolute atomic E-state index is 0.0520. The van der Waals surface area contributed by atoms with Crippen LogP contribution < -0.4 is 15.0 Å². The summed E-state index contributed by atoms with van der Waals surface area (Å²) >= 11 is 5.79. The monoisotopic (exact) mass is 500 g/mol. The van der Waals surface area contributed by atoms with Crippen LogP contribution >= 0.6 is 12.2 Å². The first-order chi connectivity index (χ1) is 17.4. The zero-order valence-corrected chi connectivity index (χ0v) is 20.8. The number of methoxy groups -OCH3 is 1. The van der Waals surface area contributed by atoms with E-state index in [1.54, 1.807) is 12.3 Å². The Morgan fingerprint density at radius 1 is 1.08 bits per heavy atom. The maximum absolute atomic E-state index is 11.2. The molecule has 0 saturated carbocycles. The van der Waals surface area contributed by atoms with E-state index in [-0.39, 0.29) is 17.8 Å². The molecular formula is C27H24N4O4S. The van der Waals surface area contributed by atoms with Gasteiger partial charge in [0.2, 0.25) is 0 Å². The number of aromatic nitrogens is 1. The standard InChI is InChI=1S/C27H24N4O4S/c1-16-7-8-18(14-17(16)2)30-26(25(29-27(30)36)21-6-4-5-13-28-21)23-12-11-22(35-23)20-10-9-19(31(32)33)15-24(20)34-3/h4-15,25-26H,1-3H3,(H,29,36). The van der Waals surface area contributed by atoms with E-state index in [9.17, 15) is 10.1 Å². The number of hydrogen-bond donors (Lipinski definition) is 1. The van der Waals surface area contributed by atoms with Crippen LogP contribution in [0.5, 0.6) is 5.75 Å². The lowest BCUT2D eigenvalue weighted by atomic mass is 10.0. The summed E-state index contributed by atoms with van der Waals surface area (Å²) in [6.07, 6.45) is 1.76. The van der Waals surface area contributed by atoms with Gasteiger partial charge >= 0.3 is 0 Å². The SMILES string of the molecule is COc1cc([N+](=O)[O-])ccc1-c1ccc(C2C(c3ccccn3)NC(=S)N2c2ccc(C)c(C)c2)o1. The number of nitro groups is 1. The van der Waals surface area contributed by atoms with Crippen LogP contribution in [0.2, 0.25) is 0 Å². The summed E-state index contributed by atoms with van der Waals surface area (Å²) in [6.45, 7) is 4.15. The Hall–Kier alpha value is -4.24. The second-order valence-electron chi connectivity index (χ2n) is 8.61. The molecule has 3 heterocycles. The maximum atomic E-state index is 11.2. The summed E-state index contributed by atoms with van der Waals surface area (Å²) in [5.74, 6) is 1.57. The molecule has 2 aromatic heterocycles. The average molecular weight is 501 g/mol. The molecule has 9 heteroatoms. The van der Waals surface area contributed by atoms with Gasteiger partial charge in [0.25, 0.3) is 5.69 Å². The van der Waals surface area contributed by atoms with E-state index in [0.717, 1.165) is 16.9 Å². The van der Waals surface area contributed by atoms with Crippen molar-refractivity contribution in [3.8, 4) is 17.1 Å². The molecule has 0 spiro atoms. The van der Waals surface area contributed by atoms with Gasteiger partial charge in [-0.3, -0.25) is 15.1 Å². The lowest BCUT2D eigenvalue weighted by Gasteiger charge is -2.26. The quantitative estimate of drug-likeness (QED) is 0.194. The molecule has 182 valence electrons. The van der Waals surface area contributed by atoms with E-state index in [1.807, 2.05) is 36.4 Å². The minimum atomic E-state index is -0.454. The lowest BCUT2D eigenvalue weighted by molar-refractivity contribution is -0.384. The van der Waals surface area contributed by atoms with E-state index in [1.165, 1.54) is 24.8 Å². The number of pyridine rings is 1. The van der Waals surface area contributed by atoms with Gasteiger partial charge in [0.15, 0.2) is 5.11 Å². The summed E-state index contributed by atoms with van der Waals surface area (Å²) in [5.41, 5.74) is 4.71. The third kappa shape index (κ3) is 4.18. The van der Waals surface area contributed by atoms with Crippen LogP contribution in [0.3, 0.4) is 0 Å². The predicted octanol–water partition coefficient (Wildman–Crippen LogP) is 6.05.